The van der Waals surface area contributed by atoms with Crippen molar-refractivity contribution in [1.29, 1.82) is 0 Å². The molecular formula is C7H12N. The fourth-order valence-corrected chi connectivity index (χ4v) is 1.84. The molecule has 1 radical (unpaired) electrons. The molecule has 2 heterocycles. The molecule has 1 atom stereocenters. The third-order valence-corrected chi connectivity index (χ3v) is 2.29. The van der Waals surface area contributed by atoms with Crippen molar-refractivity contribution in [1.82, 2.24) is 4.90 Å². The minimum absolute atomic E-state index is 0.954. The van der Waals surface area contributed by atoms with E-state index in [0.29, 0.717) is 0 Å². The summed E-state index contributed by atoms with van der Waals surface area (Å²) >= 11 is 0. The van der Waals surface area contributed by atoms with Gasteiger partial charge in [0.05, 0.1) is 0 Å². The number of hydrogen-bond acceptors (Lipinski definition) is 1. The Morgan fingerprint density at radius 3 is 3.25 bits per heavy atom. The molecule has 1 heteroatoms. The van der Waals surface area contributed by atoms with Gasteiger partial charge in [0.1, 0.15) is 0 Å². The van der Waals surface area contributed by atoms with E-state index in [0.717, 1.165) is 6.04 Å². The van der Waals surface area contributed by atoms with Crippen LogP contribution in [0.1, 0.15) is 25.7 Å². The molecule has 0 amide bonds. The predicted octanol–water partition coefficient (Wildman–Crippen LogP) is 1.41. The van der Waals surface area contributed by atoms with Gasteiger partial charge in [0.15, 0.2) is 0 Å². The first kappa shape index (κ1) is 4.80. The third-order valence-electron chi connectivity index (χ3n) is 2.29. The summed E-state index contributed by atoms with van der Waals surface area (Å²) in [6.07, 6.45) is 5.66. The molecule has 2 fully saturated rings. The molecule has 1 nitrogen and oxygen atoms in total. The zero-order valence-corrected chi connectivity index (χ0v) is 5.14. The highest BCUT2D eigenvalue weighted by molar-refractivity contribution is 4.90. The molecule has 45 valence electrons. The molecule has 2 rings (SSSR count). The van der Waals surface area contributed by atoms with Crippen LogP contribution in [-0.2, 0) is 0 Å². The van der Waals surface area contributed by atoms with Crippen molar-refractivity contribution in [3.63, 3.8) is 0 Å². The van der Waals surface area contributed by atoms with E-state index < -0.39 is 0 Å². The predicted molar refractivity (Wildman–Crippen MR) is 33.3 cm³/mol. The molecule has 0 aromatic heterocycles. The van der Waals surface area contributed by atoms with Crippen LogP contribution in [0.3, 0.4) is 0 Å². The summed E-state index contributed by atoms with van der Waals surface area (Å²) in [6, 6.07) is 0.954. The molecule has 0 N–H and O–H groups in total. The molecule has 0 aromatic rings. The van der Waals surface area contributed by atoms with Crippen LogP contribution in [-0.4, -0.2) is 17.5 Å². The zero-order valence-electron chi connectivity index (χ0n) is 5.14. The van der Waals surface area contributed by atoms with Crippen molar-refractivity contribution < 1.29 is 0 Å². The Morgan fingerprint density at radius 1 is 1.38 bits per heavy atom. The first-order chi connectivity index (χ1) is 3.97. The molecule has 2 aliphatic heterocycles. The summed E-state index contributed by atoms with van der Waals surface area (Å²) in [6.45, 7) is 3.71. The van der Waals surface area contributed by atoms with Gasteiger partial charge in [-0.15, -0.1) is 0 Å². The van der Waals surface area contributed by atoms with Gasteiger partial charge in [-0.1, -0.05) is 0 Å². The van der Waals surface area contributed by atoms with Gasteiger partial charge in [0.25, 0.3) is 0 Å². The topological polar surface area (TPSA) is 3.24 Å². The molecule has 2 saturated heterocycles. The monoisotopic (exact) mass is 110 g/mol. The van der Waals surface area contributed by atoms with E-state index in [1.165, 1.54) is 32.2 Å². The Balaban J connectivity index is 2.04. The van der Waals surface area contributed by atoms with E-state index in [9.17, 15) is 0 Å². The summed E-state index contributed by atoms with van der Waals surface area (Å²) in [5.41, 5.74) is 0. The van der Waals surface area contributed by atoms with Crippen LogP contribution >= 0.6 is 0 Å². The second kappa shape index (κ2) is 1.73. The van der Waals surface area contributed by atoms with Crippen molar-refractivity contribution in [3.05, 3.63) is 6.54 Å². The van der Waals surface area contributed by atoms with Gasteiger partial charge in [-0.3, -0.25) is 4.90 Å². The molecule has 1 unspecified atom stereocenters. The van der Waals surface area contributed by atoms with Gasteiger partial charge in [-0.25, -0.2) is 0 Å². The Kier molecular flexibility index (Phi) is 1.04. The maximum atomic E-state index is 2.51. The van der Waals surface area contributed by atoms with Crippen LogP contribution in [0.15, 0.2) is 0 Å². The SMILES string of the molecule is [CH]1CCC2CCCN12. The van der Waals surface area contributed by atoms with Crippen LogP contribution in [0, 0.1) is 6.54 Å². The minimum atomic E-state index is 0.954. The number of nitrogens with zero attached hydrogens (tertiary/aromatic N) is 1. The normalized spacial score (nSPS) is 31.5. The van der Waals surface area contributed by atoms with E-state index in [2.05, 4.69) is 11.4 Å². The Bertz CT molecular complexity index is 70.4. The quantitative estimate of drug-likeness (QED) is 0.455. The lowest BCUT2D eigenvalue weighted by Crippen LogP contribution is -2.18. The smallest absolute Gasteiger partial charge is 0.0255 e. The second-order valence-corrected chi connectivity index (χ2v) is 2.79. The summed E-state index contributed by atoms with van der Waals surface area (Å²) in [4.78, 5) is 2.51. The molecule has 0 saturated carbocycles. The van der Waals surface area contributed by atoms with Gasteiger partial charge in [-0.2, -0.15) is 0 Å². The van der Waals surface area contributed by atoms with Gasteiger partial charge >= 0.3 is 0 Å². The zero-order chi connectivity index (χ0) is 5.40. The summed E-state index contributed by atoms with van der Waals surface area (Å²) in [5.74, 6) is 0. The van der Waals surface area contributed by atoms with Gasteiger partial charge in [0, 0.05) is 12.6 Å². The summed E-state index contributed by atoms with van der Waals surface area (Å²) in [5, 5.41) is 0. The lowest BCUT2D eigenvalue weighted by Gasteiger charge is -2.11. The highest BCUT2D eigenvalue weighted by Gasteiger charge is 2.28. The lowest BCUT2D eigenvalue weighted by molar-refractivity contribution is 0.366. The molecule has 0 aliphatic carbocycles. The van der Waals surface area contributed by atoms with E-state index in [-0.39, 0.29) is 0 Å². The fraction of sp³-hybridized carbons (Fsp3) is 0.857. The highest BCUT2D eigenvalue weighted by Crippen LogP contribution is 2.29. The Morgan fingerprint density at radius 2 is 2.38 bits per heavy atom. The van der Waals surface area contributed by atoms with E-state index in [1.54, 1.807) is 0 Å². The highest BCUT2D eigenvalue weighted by atomic mass is 15.2. The summed E-state index contributed by atoms with van der Waals surface area (Å²) < 4.78 is 0. The minimum Gasteiger partial charge on any atom is -0.296 e. The Hall–Kier alpha value is -0.0400. The number of fused-ring (bicyclic) bond motifs is 1. The molecular weight excluding hydrogens is 98.1 g/mol. The van der Waals surface area contributed by atoms with Gasteiger partial charge < -0.3 is 0 Å². The Labute approximate surface area is 50.7 Å². The van der Waals surface area contributed by atoms with Crippen LogP contribution < -0.4 is 0 Å². The van der Waals surface area contributed by atoms with Crippen molar-refractivity contribution in [2.45, 2.75) is 31.7 Å². The maximum absolute atomic E-state index is 2.51. The average Bonchev–Trinajstić information content (AvgIpc) is 2.15. The lowest BCUT2D eigenvalue weighted by atomic mass is 10.2. The van der Waals surface area contributed by atoms with Gasteiger partial charge in [-0.05, 0) is 32.2 Å². The molecule has 8 heavy (non-hydrogen) atoms. The summed E-state index contributed by atoms with van der Waals surface area (Å²) in [7, 11) is 0. The number of rotatable bonds is 0. The average molecular weight is 110 g/mol. The standard InChI is InChI=1S/C7H12N/c1-3-7-4-2-6-8(7)5-1/h5,7H,1-4,6H2. The van der Waals surface area contributed by atoms with Crippen molar-refractivity contribution in [2.24, 2.45) is 0 Å². The van der Waals surface area contributed by atoms with Crippen molar-refractivity contribution in [3.8, 4) is 0 Å². The molecule has 0 aromatic carbocycles. The fourth-order valence-electron chi connectivity index (χ4n) is 1.84. The molecule has 0 bridgehead atoms. The third kappa shape index (κ3) is 0.576. The molecule has 2 aliphatic rings. The largest absolute Gasteiger partial charge is 0.296 e. The maximum Gasteiger partial charge on any atom is 0.0255 e. The van der Waals surface area contributed by atoms with E-state index in [4.69, 9.17) is 0 Å². The van der Waals surface area contributed by atoms with Gasteiger partial charge in [0.2, 0.25) is 0 Å². The van der Waals surface area contributed by atoms with E-state index in [1.807, 2.05) is 0 Å². The van der Waals surface area contributed by atoms with Crippen LogP contribution in [0.5, 0.6) is 0 Å². The van der Waals surface area contributed by atoms with Crippen LogP contribution in [0.4, 0.5) is 0 Å². The molecule has 0 spiro atoms. The van der Waals surface area contributed by atoms with Crippen molar-refractivity contribution in [2.75, 3.05) is 6.54 Å². The van der Waals surface area contributed by atoms with Crippen LogP contribution in [0.25, 0.3) is 0 Å². The first-order valence-electron chi connectivity index (χ1n) is 3.56. The second-order valence-electron chi connectivity index (χ2n) is 2.79. The van der Waals surface area contributed by atoms with Crippen molar-refractivity contribution >= 4 is 0 Å². The van der Waals surface area contributed by atoms with Crippen LogP contribution in [0.2, 0.25) is 0 Å². The first-order valence-corrected chi connectivity index (χ1v) is 3.56. The number of hydrogen-bond donors (Lipinski definition) is 0. The van der Waals surface area contributed by atoms with E-state index >= 15 is 0 Å².